The van der Waals surface area contributed by atoms with Crippen LogP contribution in [0, 0.1) is 0 Å². The third-order valence-electron chi connectivity index (χ3n) is 3.81. The Labute approximate surface area is 122 Å². The van der Waals surface area contributed by atoms with Gasteiger partial charge in [0.15, 0.2) is 0 Å². The normalized spacial score (nSPS) is 15.9. The molecule has 0 aromatic carbocycles. The SMILES string of the molecule is CCOCCCn1c(=O)[nH]c(Cl)c(C2CCCC2)c1=O. The summed E-state index contributed by atoms with van der Waals surface area (Å²) >= 11 is 6.08. The summed E-state index contributed by atoms with van der Waals surface area (Å²) in [7, 11) is 0. The van der Waals surface area contributed by atoms with Crippen LogP contribution in [0.4, 0.5) is 0 Å². The number of rotatable bonds is 6. The second-order valence-corrected chi connectivity index (χ2v) is 5.52. The topological polar surface area (TPSA) is 64.1 Å². The summed E-state index contributed by atoms with van der Waals surface area (Å²) in [5.41, 5.74) is -0.0828. The average Bonchev–Trinajstić information content (AvgIpc) is 2.91. The van der Waals surface area contributed by atoms with E-state index in [9.17, 15) is 9.59 Å². The van der Waals surface area contributed by atoms with Gasteiger partial charge in [-0.15, -0.1) is 0 Å². The van der Waals surface area contributed by atoms with Crippen molar-refractivity contribution in [3.05, 3.63) is 31.6 Å². The number of aromatic nitrogens is 2. The van der Waals surface area contributed by atoms with Crippen molar-refractivity contribution < 1.29 is 4.74 Å². The van der Waals surface area contributed by atoms with Gasteiger partial charge in [0.2, 0.25) is 0 Å². The van der Waals surface area contributed by atoms with E-state index in [0.717, 1.165) is 25.7 Å². The minimum Gasteiger partial charge on any atom is -0.382 e. The maximum absolute atomic E-state index is 12.5. The second-order valence-electron chi connectivity index (χ2n) is 5.15. The Bertz CT molecular complexity index is 559. The van der Waals surface area contributed by atoms with E-state index >= 15 is 0 Å². The molecule has 1 aromatic heterocycles. The highest BCUT2D eigenvalue weighted by atomic mass is 35.5. The van der Waals surface area contributed by atoms with Gasteiger partial charge < -0.3 is 4.74 Å². The number of ether oxygens (including phenoxy) is 1. The van der Waals surface area contributed by atoms with Gasteiger partial charge in [0.25, 0.3) is 5.56 Å². The third-order valence-corrected chi connectivity index (χ3v) is 4.11. The van der Waals surface area contributed by atoms with Crippen molar-refractivity contribution in [2.24, 2.45) is 0 Å². The highest BCUT2D eigenvalue weighted by Gasteiger charge is 2.24. The zero-order chi connectivity index (χ0) is 14.5. The fourth-order valence-electron chi connectivity index (χ4n) is 2.80. The first kappa shape index (κ1) is 15.3. The van der Waals surface area contributed by atoms with Crippen molar-refractivity contribution in [1.82, 2.24) is 9.55 Å². The predicted molar refractivity (Wildman–Crippen MR) is 78.7 cm³/mol. The number of hydrogen-bond acceptors (Lipinski definition) is 3. The largest absolute Gasteiger partial charge is 0.382 e. The average molecular weight is 301 g/mol. The summed E-state index contributed by atoms with van der Waals surface area (Å²) in [6, 6.07) is 0. The lowest BCUT2D eigenvalue weighted by atomic mass is 10.0. The first-order chi connectivity index (χ1) is 9.65. The molecular weight excluding hydrogens is 280 g/mol. The Morgan fingerprint density at radius 3 is 2.70 bits per heavy atom. The number of H-pyrrole nitrogens is 1. The van der Waals surface area contributed by atoms with Crippen molar-refractivity contribution in [2.45, 2.75) is 51.5 Å². The fourth-order valence-corrected chi connectivity index (χ4v) is 3.12. The Balaban J connectivity index is 2.25. The standard InChI is InChI=1S/C14H21ClN2O3/c1-2-20-9-5-8-17-13(18)11(10-6-3-4-7-10)12(15)16-14(17)19/h10H,2-9H2,1H3,(H,16,19). The molecule has 1 aliphatic carbocycles. The molecule has 20 heavy (non-hydrogen) atoms. The highest BCUT2D eigenvalue weighted by Crippen LogP contribution is 2.34. The molecule has 5 nitrogen and oxygen atoms in total. The molecule has 0 radical (unpaired) electrons. The minimum atomic E-state index is -0.432. The van der Waals surface area contributed by atoms with Crippen molar-refractivity contribution in [2.75, 3.05) is 13.2 Å². The fraction of sp³-hybridized carbons (Fsp3) is 0.714. The van der Waals surface area contributed by atoms with Crippen LogP contribution in [0.15, 0.2) is 9.59 Å². The summed E-state index contributed by atoms with van der Waals surface area (Å²) in [6.07, 6.45) is 4.82. The predicted octanol–water partition coefficient (Wildman–Crippen LogP) is 2.27. The first-order valence-corrected chi connectivity index (χ1v) is 7.63. The minimum absolute atomic E-state index is 0.185. The Kier molecular flexibility index (Phi) is 5.43. The quantitative estimate of drug-likeness (QED) is 0.647. The summed E-state index contributed by atoms with van der Waals surface area (Å²) < 4.78 is 6.48. The third kappa shape index (κ3) is 3.33. The molecule has 1 heterocycles. The zero-order valence-electron chi connectivity index (χ0n) is 11.8. The number of nitrogens with one attached hydrogen (secondary N) is 1. The van der Waals surface area contributed by atoms with Crippen LogP contribution in [0.3, 0.4) is 0 Å². The maximum atomic E-state index is 12.5. The molecular formula is C14H21ClN2O3. The van der Waals surface area contributed by atoms with E-state index in [2.05, 4.69) is 4.98 Å². The van der Waals surface area contributed by atoms with Crippen LogP contribution in [0.25, 0.3) is 0 Å². The number of nitrogens with zero attached hydrogens (tertiary/aromatic N) is 1. The Morgan fingerprint density at radius 1 is 1.35 bits per heavy atom. The smallest absolute Gasteiger partial charge is 0.329 e. The molecule has 1 aliphatic rings. The molecule has 1 fully saturated rings. The van der Waals surface area contributed by atoms with Crippen LogP contribution in [-0.4, -0.2) is 22.8 Å². The van der Waals surface area contributed by atoms with Crippen LogP contribution in [0.2, 0.25) is 5.15 Å². The molecule has 0 amide bonds. The molecule has 112 valence electrons. The lowest BCUT2D eigenvalue weighted by Gasteiger charge is -2.13. The molecule has 0 aliphatic heterocycles. The van der Waals surface area contributed by atoms with Crippen molar-refractivity contribution in [3.8, 4) is 0 Å². The van der Waals surface area contributed by atoms with Crippen LogP contribution in [-0.2, 0) is 11.3 Å². The van der Waals surface area contributed by atoms with Crippen molar-refractivity contribution in [1.29, 1.82) is 0 Å². The van der Waals surface area contributed by atoms with Crippen LogP contribution in [0.5, 0.6) is 0 Å². The monoisotopic (exact) mass is 300 g/mol. The van der Waals surface area contributed by atoms with E-state index in [0.29, 0.717) is 31.7 Å². The van der Waals surface area contributed by atoms with Crippen LogP contribution in [0.1, 0.15) is 50.5 Å². The van der Waals surface area contributed by atoms with Crippen molar-refractivity contribution in [3.63, 3.8) is 0 Å². The molecule has 1 N–H and O–H groups in total. The number of aromatic amines is 1. The van der Waals surface area contributed by atoms with Crippen LogP contribution < -0.4 is 11.2 Å². The Hall–Kier alpha value is -1.07. The van der Waals surface area contributed by atoms with Gasteiger partial charge in [-0.3, -0.25) is 14.3 Å². The molecule has 1 saturated carbocycles. The molecule has 6 heteroatoms. The van der Waals surface area contributed by atoms with E-state index in [1.807, 2.05) is 6.92 Å². The zero-order valence-corrected chi connectivity index (χ0v) is 12.5. The van der Waals surface area contributed by atoms with Gasteiger partial charge in [-0.25, -0.2) is 4.79 Å². The molecule has 0 spiro atoms. The maximum Gasteiger partial charge on any atom is 0.329 e. The lowest BCUT2D eigenvalue weighted by molar-refractivity contribution is 0.141. The van der Waals surface area contributed by atoms with E-state index in [-0.39, 0.29) is 16.6 Å². The summed E-state index contributed by atoms with van der Waals surface area (Å²) in [5, 5.41) is 0.216. The molecule has 0 bridgehead atoms. The lowest BCUT2D eigenvalue weighted by Crippen LogP contribution is -2.38. The van der Waals surface area contributed by atoms with E-state index in [1.54, 1.807) is 0 Å². The summed E-state index contributed by atoms with van der Waals surface area (Å²) in [5.74, 6) is 0.185. The van der Waals surface area contributed by atoms with Gasteiger partial charge in [-0.2, -0.15) is 0 Å². The van der Waals surface area contributed by atoms with E-state index < -0.39 is 5.69 Å². The molecule has 0 saturated heterocycles. The van der Waals surface area contributed by atoms with Gasteiger partial charge in [0.1, 0.15) is 5.15 Å². The van der Waals surface area contributed by atoms with Crippen molar-refractivity contribution >= 4 is 11.6 Å². The van der Waals surface area contributed by atoms with E-state index in [4.69, 9.17) is 16.3 Å². The van der Waals surface area contributed by atoms with Gasteiger partial charge >= 0.3 is 5.69 Å². The molecule has 2 rings (SSSR count). The summed E-state index contributed by atoms with van der Waals surface area (Å²) in [6.45, 7) is 3.47. The first-order valence-electron chi connectivity index (χ1n) is 7.25. The molecule has 0 atom stereocenters. The van der Waals surface area contributed by atoms with Crippen LogP contribution >= 0.6 is 11.6 Å². The second kappa shape index (κ2) is 7.09. The van der Waals surface area contributed by atoms with Gasteiger partial charge in [0.05, 0.1) is 5.56 Å². The Morgan fingerprint density at radius 2 is 2.05 bits per heavy atom. The van der Waals surface area contributed by atoms with Gasteiger partial charge in [-0.05, 0) is 32.1 Å². The summed E-state index contributed by atoms with van der Waals surface area (Å²) in [4.78, 5) is 27.0. The van der Waals surface area contributed by atoms with Gasteiger partial charge in [-0.1, -0.05) is 24.4 Å². The number of hydrogen-bond donors (Lipinski definition) is 1. The van der Waals surface area contributed by atoms with Gasteiger partial charge in [0, 0.05) is 19.8 Å². The molecule has 0 unspecified atom stereocenters. The molecule has 1 aromatic rings. The highest BCUT2D eigenvalue weighted by molar-refractivity contribution is 6.30. The van der Waals surface area contributed by atoms with E-state index in [1.165, 1.54) is 4.57 Å². The number of halogens is 1.